The molecule has 0 nitrogen and oxygen atoms in total. The molecule has 78 valence electrons. The summed E-state index contributed by atoms with van der Waals surface area (Å²) in [6.45, 7) is 2.04. The molecule has 0 aliphatic rings. The highest BCUT2D eigenvalue weighted by atomic mass is 35.5. The lowest BCUT2D eigenvalue weighted by molar-refractivity contribution is 0.562. The minimum absolute atomic E-state index is 0.223. The van der Waals surface area contributed by atoms with Crippen LogP contribution in [0, 0.1) is 11.7 Å². The summed E-state index contributed by atoms with van der Waals surface area (Å²) in [4.78, 5) is 0. The Morgan fingerprint density at radius 3 is 2.71 bits per heavy atom. The Labute approximate surface area is 94.0 Å². The summed E-state index contributed by atoms with van der Waals surface area (Å²) in [5.41, 5.74) is 0.603. The van der Waals surface area contributed by atoms with Gasteiger partial charge in [-0.1, -0.05) is 24.6 Å². The average Bonchev–Trinajstić information content (AvgIpc) is 2.16. The summed E-state index contributed by atoms with van der Waals surface area (Å²) in [5.74, 6) is 0.776. The third kappa shape index (κ3) is 3.14. The summed E-state index contributed by atoms with van der Waals surface area (Å²) < 4.78 is 13.3. The zero-order valence-corrected chi connectivity index (χ0v) is 9.58. The first-order chi connectivity index (χ1) is 6.65. The van der Waals surface area contributed by atoms with Crippen LogP contribution in [-0.4, -0.2) is 5.88 Å². The molecule has 1 rings (SSSR count). The fourth-order valence-corrected chi connectivity index (χ4v) is 1.65. The van der Waals surface area contributed by atoms with Crippen LogP contribution in [0.1, 0.15) is 18.9 Å². The van der Waals surface area contributed by atoms with E-state index >= 15 is 0 Å². The van der Waals surface area contributed by atoms with E-state index in [9.17, 15) is 4.39 Å². The van der Waals surface area contributed by atoms with Crippen molar-refractivity contribution in [1.29, 1.82) is 0 Å². The Bertz CT molecular complexity index is 279. The summed E-state index contributed by atoms with van der Waals surface area (Å²) in [7, 11) is 0. The number of benzene rings is 1. The molecule has 0 saturated carbocycles. The van der Waals surface area contributed by atoms with Gasteiger partial charge in [-0.3, -0.25) is 0 Å². The van der Waals surface area contributed by atoms with E-state index in [-0.39, 0.29) is 5.82 Å². The maximum absolute atomic E-state index is 13.3. The number of hydrogen-bond donors (Lipinski definition) is 0. The second kappa shape index (κ2) is 5.57. The van der Waals surface area contributed by atoms with Gasteiger partial charge >= 0.3 is 0 Å². The predicted octanol–water partition coefficient (Wildman–Crippen LogP) is 4.29. The van der Waals surface area contributed by atoms with Crippen molar-refractivity contribution in [2.45, 2.75) is 19.8 Å². The third-order valence-corrected chi connectivity index (χ3v) is 3.09. The largest absolute Gasteiger partial charge is 0.207 e. The fraction of sp³-hybridized carbons (Fsp3) is 0.455. The van der Waals surface area contributed by atoms with Crippen LogP contribution >= 0.6 is 23.2 Å². The molecule has 0 aliphatic heterocycles. The Morgan fingerprint density at radius 2 is 2.14 bits per heavy atom. The third-order valence-electron chi connectivity index (χ3n) is 2.21. The van der Waals surface area contributed by atoms with Crippen molar-refractivity contribution < 1.29 is 4.39 Å². The molecule has 0 fully saturated rings. The minimum Gasteiger partial charge on any atom is -0.207 e. The van der Waals surface area contributed by atoms with Gasteiger partial charge in [-0.15, -0.1) is 11.6 Å². The monoisotopic (exact) mass is 234 g/mol. The van der Waals surface area contributed by atoms with Crippen molar-refractivity contribution in [2.24, 2.45) is 5.92 Å². The Morgan fingerprint density at radius 1 is 1.43 bits per heavy atom. The number of halogens is 3. The summed E-state index contributed by atoms with van der Waals surface area (Å²) >= 11 is 11.6. The molecular weight excluding hydrogens is 222 g/mol. The minimum atomic E-state index is -0.223. The molecule has 1 atom stereocenters. The van der Waals surface area contributed by atoms with Crippen LogP contribution in [0.15, 0.2) is 18.2 Å². The molecule has 0 aliphatic carbocycles. The maximum Gasteiger partial charge on any atom is 0.127 e. The topological polar surface area (TPSA) is 0 Å². The van der Waals surface area contributed by atoms with E-state index in [1.807, 2.05) is 6.92 Å². The summed E-state index contributed by atoms with van der Waals surface area (Å²) in [5, 5.41) is 0.506. The molecule has 0 spiro atoms. The zero-order valence-electron chi connectivity index (χ0n) is 8.06. The highest BCUT2D eigenvalue weighted by Gasteiger charge is 2.08. The summed E-state index contributed by atoms with van der Waals surface area (Å²) in [6.07, 6.45) is 1.52. The molecule has 3 heteroatoms. The summed E-state index contributed by atoms with van der Waals surface area (Å²) in [6, 6.07) is 4.77. The predicted molar refractivity (Wildman–Crippen MR) is 59.6 cm³/mol. The molecule has 1 aromatic carbocycles. The maximum atomic E-state index is 13.3. The van der Waals surface area contributed by atoms with Gasteiger partial charge in [0.15, 0.2) is 0 Å². The second-order valence-corrected chi connectivity index (χ2v) is 4.21. The van der Waals surface area contributed by atoms with Gasteiger partial charge < -0.3 is 0 Å². The molecule has 0 saturated heterocycles. The van der Waals surface area contributed by atoms with Crippen LogP contribution in [0.5, 0.6) is 0 Å². The SMILES string of the molecule is CC(CCl)CCc1c(F)cccc1Cl. The molecule has 1 aromatic rings. The number of rotatable bonds is 4. The van der Waals surface area contributed by atoms with E-state index in [1.165, 1.54) is 6.07 Å². The molecule has 0 N–H and O–H groups in total. The molecule has 0 aromatic heterocycles. The van der Waals surface area contributed by atoms with Gasteiger partial charge in [-0.05, 0) is 30.9 Å². The molecular formula is C11H13Cl2F. The van der Waals surface area contributed by atoms with Crippen LogP contribution in [-0.2, 0) is 6.42 Å². The molecule has 1 unspecified atom stereocenters. The second-order valence-electron chi connectivity index (χ2n) is 3.50. The molecule has 0 amide bonds. The van der Waals surface area contributed by atoms with Gasteiger partial charge in [0.2, 0.25) is 0 Å². The quantitative estimate of drug-likeness (QED) is 0.683. The smallest absolute Gasteiger partial charge is 0.127 e. The standard InChI is InChI=1S/C11H13Cl2F/c1-8(7-12)5-6-9-10(13)3-2-4-11(9)14/h2-4,8H,5-7H2,1H3. The Kier molecular flexibility index (Phi) is 4.70. The molecule has 0 bridgehead atoms. The normalized spacial score (nSPS) is 12.9. The van der Waals surface area contributed by atoms with Crippen molar-refractivity contribution >= 4 is 23.2 Å². The molecule has 0 radical (unpaired) electrons. The van der Waals surface area contributed by atoms with Crippen LogP contribution in [0.25, 0.3) is 0 Å². The average molecular weight is 235 g/mol. The first-order valence-electron chi connectivity index (χ1n) is 4.64. The lowest BCUT2D eigenvalue weighted by atomic mass is 10.0. The van der Waals surface area contributed by atoms with E-state index in [0.29, 0.717) is 28.8 Å². The van der Waals surface area contributed by atoms with Gasteiger partial charge in [0, 0.05) is 16.5 Å². The van der Waals surface area contributed by atoms with Gasteiger partial charge in [0.1, 0.15) is 5.82 Å². The first-order valence-corrected chi connectivity index (χ1v) is 5.55. The van der Waals surface area contributed by atoms with Crippen molar-refractivity contribution in [1.82, 2.24) is 0 Å². The number of alkyl halides is 1. The van der Waals surface area contributed by atoms with Crippen LogP contribution in [0.3, 0.4) is 0 Å². The Balaban J connectivity index is 2.66. The van der Waals surface area contributed by atoms with Crippen LogP contribution in [0.2, 0.25) is 5.02 Å². The Hall–Kier alpha value is -0.270. The van der Waals surface area contributed by atoms with E-state index in [4.69, 9.17) is 23.2 Å². The zero-order chi connectivity index (χ0) is 10.6. The van der Waals surface area contributed by atoms with Crippen molar-refractivity contribution in [3.8, 4) is 0 Å². The fourth-order valence-electron chi connectivity index (χ4n) is 1.24. The highest BCUT2D eigenvalue weighted by molar-refractivity contribution is 6.31. The first kappa shape index (κ1) is 11.8. The van der Waals surface area contributed by atoms with E-state index < -0.39 is 0 Å². The molecule has 0 heterocycles. The van der Waals surface area contributed by atoms with Crippen molar-refractivity contribution in [2.75, 3.05) is 5.88 Å². The van der Waals surface area contributed by atoms with Crippen LogP contribution < -0.4 is 0 Å². The van der Waals surface area contributed by atoms with Gasteiger partial charge in [-0.25, -0.2) is 4.39 Å². The van der Waals surface area contributed by atoms with Crippen molar-refractivity contribution in [3.63, 3.8) is 0 Å². The van der Waals surface area contributed by atoms with E-state index in [1.54, 1.807) is 12.1 Å². The van der Waals surface area contributed by atoms with Gasteiger partial charge in [0.25, 0.3) is 0 Å². The highest BCUT2D eigenvalue weighted by Crippen LogP contribution is 2.22. The van der Waals surface area contributed by atoms with E-state index in [2.05, 4.69) is 0 Å². The van der Waals surface area contributed by atoms with Crippen LogP contribution in [0.4, 0.5) is 4.39 Å². The van der Waals surface area contributed by atoms with E-state index in [0.717, 1.165) is 6.42 Å². The van der Waals surface area contributed by atoms with Gasteiger partial charge in [0.05, 0.1) is 0 Å². The lowest BCUT2D eigenvalue weighted by Gasteiger charge is -2.09. The van der Waals surface area contributed by atoms with Gasteiger partial charge in [-0.2, -0.15) is 0 Å². The van der Waals surface area contributed by atoms with Crippen molar-refractivity contribution in [3.05, 3.63) is 34.6 Å². The lowest BCUT2D eigenvalue weighted by Crippen LogP contribution is -2.00. The molecule has 14 heavy (non-hydrogen) atoms. The number of hydrogen-bond acceptors (Lipinski definition) is 0.